The summed E-state index contributed by atoms with van der Waals surface area (Å²) in [7, 11) is 1.86. The van der Waals surface area contributed by atoms with Crippen LogP contribution in [-0.4, -0.2) is 43.6 Å². The molecule has 1 N–H and O–H groups in total. The summed E-state index contributed by atoms with van der Waals surface area (Å²) in [5, 5.41) is 11.1. The van der Waals surface area contributed by atoms with Crippen molar-refractivity contribution in [2.24, 2.45) is 7.05 Å². The predicted molar refractivity (Wildman–Crippen MR) is 75.1 cm³/mol. The molecule has 2 atom stereocenters. The zero-order chi connectivity index (χ0) is 15.0. The highest BCUT2D eigenvalue weighted by Gasteiger charge is 2.43. The zero-order valence-corrected chi connectivity index (χ0v) is 12.5. The maximum absolute atomic E-state index is 12.5. The number of amides is 2. The summed E-state index contributed by atoms with van der Waals surface area (Å²) in [5.74, 6) is 0.630. The van der Waals surface area contributed by atoms with Crippen LogP contribution in [0.15, 0.2) is 6.33 Å². The largest absolute Gasteiger partial charge is 0.319 e. The molecule has 0 bridgehead atoms. The van der Waals surface area contributed by atoms with Crippen LogP contribution in [0.25, 0.3) is 0 Å². The molecule has 0 aromatic carbocycles. The van der Waals surface area contributed by atoms with Crippen molar-refractivity contribution in [2.45, 2.75) is 57.2 Å². The van der Waals surface area contributed by atoms with E-state index in [4.69, 9.17) is 0 Å². The Kier molecular flexibility index (Phi) is 3.75. The molecule has 2 aliphatic rings. The van der Waals surface area contributed by atoms with E-state index in [-0.39, 0.29) is 30.3 Å². The number of likely N-dealkylation sites (tertiary alicyclic amines) is 1. The molecule has 2 unspecified atom stereocenters. The summed E-state index contributed by atoms with van der Waals surface area (Å²) >= 11 is 0. The quantitative estimate of drug-likeness (QED) is 0.819. The van der Waals surface area contributed by atoms with Gasteiger partial charge in [0.1, 0.15) is 12.2 Å². The Morgan fingerprint density at radius 1 is 1.33 bits per heavy atom. The second kappa shape index (κ2) is 5.55. The zero-order valence-electron chi connectivity index (χ0n) is 12.5. The van der Waals surface area contributed by atoms with Crippen LogP contribution >= 0.6 is 0 Å². The molecule has 1 aliphatic heterocycles. The van der Waals surface area contributed by atoms with E-state index in [9.17, 15) is 9.59 Å². The number of carbonyl (C=O) groups is 2. The Morgan fingerprint density at radius 2 is 2.05 bits per heavy atom. The molecule has 7 nitrogen and oxygen atoms in total. The molecule has 2 fully saturated rings. The summed E-state index contributed by atoms with van der Waals surface area (Å²) in [4.78, 5) is 26.1. The number of aryl methyl sites for hydroxylation is 1. The van der Waals surface area contributed by atoms with E-state index in [1.54, 1.807) is 6.33 Å². The molecular formula is C14H21N5O2. The fourth-order valence-corrected chi connectivity index (χ4v) is 3.39. The lowest BCUT2D eigenvalue weighted by Crippen LogP contribution is -2.43. The molecule has 1 saturated heterocycles. The minimum Gasteiger partial charge on any atom is -0.319 e. The second-order valence-electron chi connectivity index (χ2n) is 5.99. The molecule has 2 heterocycles. The highest BCUT2D eigenvalue weighted by molar-refractivity contribution is 6.05. The van der Waals surface area contributed by atoms with E-state index in [1.807, 2.05) is 18.5 Å². The molecule has 21 heavy (non-hydrogen) atoms. The standard InChI is InChI=1S/C14H21N5O2/c1-9(13-17-15-8-18(13)2)16-11-7-12(20)19(14(11)21)10-5-3-4-6-10/h8-11,16H,3-7H2,1-2H3. The normalized spacial score (nSPS) is 25.0. The number of hydrogen-bond acceptors (Lipinski definition) is 5. The maximum Gasteiger partial charge on any atom is 0.247 e. The van der Waals surface area contributed by atoms with Crippen LogP contribution in [0.3, 0.4) is 0 Å². The molecule has 3 rings (SSSR count). The molecule has 114 valence electrons. The Balaban J connectivity index is 1.68. The van der Waals surface area contributed by atoms with Gasteiger partial charge in [-0.1, -0.05) is 12.8 Å². The number of aromatic nitrogens is 3. The SMILES string of the molecule is CC(NC1CC(=O)N(C2CCCC2)C1=O)c1nncn1C. The van der Waals surface area contributed by atoms with Gasteiger partial charge in [-0.3, -0.25) is 19.8 Å². The van der Waals surface area contributed by atoms with Gasteiger partial charge in [0.05, 0.1) is 18.5 Å². The fourth-order valence-electron chi connectivity index (χ4n) is 3.39. The number of hydrogen-bond donors (Lipinski definition) is 1. The van der Waals surface area contributed by atoms with E-state index in [0.717, 1.165) is 31.5 Å². The number of rotatable bonds is 4. The fraction of sp³-hybridized carbons (Fsp3) is 0.714. The van der Waals surface area contributed by atoms with E-state index in [2.05, 4.69) is 15.5 Å². The lowest BCUT2D eigenvalue weighted by Gasteiger charge is -2.23. The van der Waals surface area contributed by atoms with Crippen molar-refractivity contribution in [1.29, 1.82) is 0 Å². The third kappa shape index (κ3) is 2.57. The monoisotopic (exact) mass is 291 g/mol. The van der Waals surface area contributed by atoms with Crippen LogP contribution in [-0.2, 0) is 16.6 Å². The van der Waals surface area contributed by atoms with Gasteiger partial charge >= 0.3 is 0 Å². The number of nitrogens with zero attached hydrogens (tertiary/aromatic N) is 4. The number of nitrogens with one attached hydrogen (secondary N) is 1. The van der Waals surface area contributed by atoms with E-state index >= 15 is 0 Å². The lowest BCUT2D eigenvalue weighted by atomic mass is 10.2. The molecule has 1 aromatic rings. The van der Waals surface area contributed by atoms with Crippen molar-refractivity contribution in [1.82, 2.24) is 25.0 Å². The molecule has 2 amide bonds. The van der Waals surface area contributed by atoms with Crippen LogP contribution in [0.4, 0.5) is 0 Å². The van der Waals surface area contributed by atoms with Gasteiger partial charge in [0, 0.05) is 13.1 Å². The average Bonchev–Trinajstić information content (AvgIpc) is 3.13. The third-order valence-electron chi connectivity index (χ3n) is 4.46. The van der Waals surface area contributed by atoms with Crippen LogP contribution < -0.4 is 5.32 Å². The Bertz CT molecular complexity index is 549. The highest BCUT2D eigenvalue weighted by Crippen LogP contribution is 2.28. The summed E-state index contributed by atoms with van der Waals surface area (Å²) in [6.07, 6.45) is 5.98. The molecule has 0 radical (unpaired) electrons. The van der Waals surface area contributed by atoms with Crippen molar-refractivity contribution in [3.05, 3.63) is 12.2 Å². The van der Waals surface area contributed by atoms with Gasteiger partial charge in [-0.2, -0.15) is 0 Å². The Morgan fingerprint density at radius 3 is 2.67 bits per heavy atom. The Labute approximate surface area is 123 Å². The van der Waals surface area contributed by atoms with Crippen LogP contribution in [0.5, 0.6) is 0 Å². The first-order chi connectivity index (χ1) is 10.1. The molecule has 7 heteroatoms. The van der Waals surface area contributed by atoms with Crippen LogP contribution in [0.2, 0.25) is 0 Å². The minimum absolute atomic E-state index is 0.0467. The maximum atomic E-state index is 12.5. The van der Waals surface area contributed by atoms with Gasteiger partial charge in [0.2, 0.25) is 11.8 Å². The topological polar surface area (TPSA) is 80.1 Å². The Hall–Kier alpha value is -1.76. The van der Waals surface area contributed by atoms with Gasteiger partial charge in [0.15, 0.2) is 0 Å². The van der Waals surface area contributed by atoms with E-state index in [1.165, 1.54) is 4.90 Å². The van der Waals surface area contributed by atoms with Crippen molar-refractivity contribution < 1.29 is 9.59 Å². The van der Waals surface area contributed by atoms with Crippen LogP contribution in [0.1, 0.15) is 50.9 Å². The smallest absolute Gasteiger partial charge is 0.247 e. The van der Waals surface area contributed by atoms with Gasteiger partial charge in [0.25, 0.3) is 0 Å². The van der Waals surface area contributed by atoms with Crippen LogP contribution in [0, 0.1) is 0 Å². The van der Waals surface area contributed by atoms with Gasteiger partial charge in [-0.05, 0) is 19.8 Å². The third-order valence-corrected chi connectivity index (χ3v) is 4.46. The minimum atomic E-state index is -0.440. The highest BCUT2D eigenvalue weighted by atomic mass is 16.2. The average molecular weight is 291 g/mol. The molecule has 1 aromatic heterocycles. The lowest BCUT2D eigenvalue weighted by molar-refractivity contribution is -0.141. The molecular weight excluding hydrogens is 270 g/mol. The van der Waals surface area contributed by atoms with Gasteiger partial charge < -0.3 is 4.57 Å². The van der Waals surface area contributed by atoms with Crippen molar-refractivity contribution >= 4 is 11.8 Å². The van der Waals surface area contributed by atoms with Crippen molar-refractivity contribution in [2.75, 3.05) is 0 Å². The molecule has 1 saturated carbocycles. The number of carbonyl (C=O) groups excluding carboxylic acids is 2. The predicted octanol–water partition coefficient (Wildman–Crippen LogP) is 0.536. The van der Waals surface area contributed by atoms with E-state index < -0.39 is 6.04 Å². The molecule has 1 aliphatic carbocycles. The molecule has 0 spiro atoms. The summed E-state index contributed by atoms with van der Waals surface area (Å²) in [6, 6.07) is -0.450. The summed E-state index contributed by atoms with van der Waals surface area (Å²) < 4.78 is 1.81. The van der Waals surface area contributed by atoms with Gasteiger partial charge in [-0.25, -0.2) is 0 Å². The second-order valence-corrected chi connectivity index (χ2v) is 5.99. The first-order valence-electron chi connectivity index (χ1n) is 7.53. The first-order valence-corrected chi connectivity index (χ1v) is 7.53. The van der Waals surface area contributed by atoms with E-state index in [0.29, 0.717) is 0 Å². The van der Waals surface area contributed by atoms with Gasteiger partial charge in [-0.15, -0.1) is 10.2 Å². The summed E-state index contributed by atoms with van der Waals surface area (Å²) in [6.45, 7) is 1.93. The number of imide groups is 1. The van der Waals surface area contributed by atoms with Crippen molar-refractivity contribution in [3.8, 4) is 0 Å². The summed E-state index contributed by atoms with van der Waals surface area (Å²) in [5.41, 5.74) is 0. The first kappa shape index (κ1) is 14.2. The van der Waals surface area contributed by atoms with Crippen molar-refractivity contribution in [3.63, 3.8) is 0 Å².